The summed E-state index contributed by atoms with van der Waals surface area (Å²) in [5.41, 5.74) is 0.898. The second-order valence-corrected chi connectivity index (χ2v) is 9.95. The summed E-state index contributed by atoms with van der Waals surface area (Å²) in [5.74, 6) is 1.52. The first kappa shape index (κ1) is 18.8. The van der Waals surface area contributed by atoms with Crippen LogP contribution in [0.25, 0.3) is 10.2 Å². The number of aromatic nitrogens is 2. The predicted molar refractivity (Wildman–Crippen MR) is 111 cm³/mol. The normalized spacial score (nSPS) is 25.9. The van der Waals surface area contributed by atoms with Gasteiger partial charge in [-0.25, -0.2) is 9.78 Å². The van der Waals surface area contributed by atoms with Crippen LogP contribution < -0.4 is 16.2 Å². The molecule has 0 aliphatic heterocycles. The lowest BCUT2D eigenvalue weighted by Crippen LogP contribution is -2.48. The van der Waals surface area contributed by atoms with Gasteiger partial charge < -0.3 is 5.32 Å². The van der Waals surface area contributed by atoms with Crippen LogP contribution in [0, 0.1) is 17.8 Å². The second-order valence-electron chi connectivity index (χ2n) is 8.86. The third-order valence-electron chi connectivity index (χ3n) is 7.05. The molecule has 8 heteroatoms. The van der Waals surface area contributed by atoms with Gasteiger partial charge >= 0.3 is 6.03 Å². The summed E-state index contributed by atoms with van der Waals surface area (Å²) in [4.78, 5) is 43.8. The first-order valence-electron chi connectivity index (χ1n) is 10.6. The van der Waals surface area contributed by atoms with Crippen LogP contribution in [0.5, 0.6) is 0 Å². The van der Waals surface area contributed by atoms with Crippen LogP contribution in [0.2, 0.25) is 0 Å². The number of amides is 3. The Morgan fingerprint density at radius 2 is 2.17 bits per heavy atom. The lowest BCUT2D eigenvalue weighted by Gasteiger charge is -2.28. The van der Waals surface area contributed by atoms with Crippen LogP contribution in [-0.2, 0) is 24.2 Å². The van der Waals surface area contributed by atoms with Gasteiger partial charge in [-0.1, -0.05) is 6.42 Å². The number of urea groups is 1. The average molecular weight is 415 g/mol. The van der Waals surface area contributed by atoms with Crippen molar-refractivity contribution in [2.45, 2.75) is 64.5 Å². The van der Waals surface area contributed by atoms with Crippen molar-refractivity contribution in [1.29, 1.82) is 0 Å². The Bertz CT molecular complexity index is 1040. The maximum atomic E-state index is 12.8. The fraction of sp³-hybridized carbons (Fsp3) is 0.619. The number of carbonyl (C=O) groups is 2. The van der Waals surface area contributed by atoms with Crippen molar-refractivity contribution < 1.29 is 9.59 Å². The van der Waals surface area contributed by atoms with E-state index >= 15 is 0 Å². The van der Waals surface area contributed by atoms with E-state index in [9.17, 15) is 14.4 Å². The topological polar surface area (TPSA) is 93.1 Å². The van der Waals surface area contributed by atoms with Gasteiger partial charge in [-0.15, -0.1) is 11.3 Å². The van der Waals surface area contributed by atoms with E-state index in [2.05, 4.69) is 15.6 Å². The molecule has 154 valence electrons. The molecule has 0 spiro atoms. The molecule has 2 heterocycles. The maximum Gasteiger partial charge on any atom is 0.321 e. The van der Waals surface area contributed by atoms with Crippen LogP contribution in [0.1, 0.15) is 49.5 Å². The number of thiophene rings is 1. The Labute approximate surface area is 172 Å². The second kappa shape index (κ2) is 7.23. The van der Waals surface area contributed by atoms with E-state index < -0.39 is 11.9 Å². The van der Waals surface area contributed by atoms with Gasteiger partial charge in [-0.05, 0) is 68.8 Å². The Balaban J connectivity index is 1.22. The summed E-state index contributed by atoms with van der Waals surface area (Å²) < 4.78 is 1.30. The molecule has 2 aromatic rings. The zero-order valence-corrected chi connectivity index (χ0v) is 17.4. The van der Waals surface area contributed by atoms with Crippen molar-refractivity contribution in [2.75, 3.05) is 0 Å². The first-order valence-corrected chi connectivity index (χ1v) is 11.4. The van der Waals surface area contributed by atoms with Gasteiger partial charge in [0.05, 0.1) is 11.7 Å². The van der Waals surface area contributed by atoms with Crippen molar-refractivity contribution in [3.63, 3.8) is 0 Å². The van der Waals surface area contributed by atoms with Gasteiger partial charge in [-0.3, -0.25) is 19.5 Å². The molecule has 0 radical (unpaired) electrons. The number of hydrogen-bond acceptors (Lipinski definition) is 5. The number of aryl methyl sites for hydroxylation is 2. The van der Waals surface area contributed by atoms with Gasteiger partial charge in [0.15, 0.2) is 0 Å². The summed E-state index contributed by atoms with van der Waals surface area (Å²) in [6.45, 7) is 1.82. The van der Waals surface area contributed by atoms with Crippen molar-refractivity contribution in [3.8, 4) is 0 Å². The summed E-state index contributed by atoms with van der Waals surface area (Å²) in [5, 5.41) is 5.95. The minimum absolute atomic E-state index is 0.0484. The van der Waals surface area contributed by atoms with Crippen molar-refractivity contribution in [2.24, 2.45) is 17.8 Å². The quantitative estimate of drug-likeness (QED) is 0.804. The molecule has 29 heavy (non-hydrogen) atoms. The Kier molecular flexibility index (Phi) is 4.69. The van der Waals surface area contributed by atoms with Crippen LogP contribution >= 0.6 is 11.3 Å². The van der Waals surface area contributed by atoms with Gasteiger partial charge in [-0.2, -0.15) is 0 Å². The zero-order chi connectivity index (χ0) is 20.1. The van der Waals surface area contributed by atoms with E-state index in [-0.39, 0.29) is 18.1 Å². The predicted octanol–water partition coefficient (Wildman–Crippen LogP) is 2.60. The van der Waals surface area contributed by atoms with E-state index in [1.54, 1.807) is 11.3 Å². The molecule has 0 saturated heterocycles. The van der Waals surface area contributed by atoms with Gasteiger partial charge in [0.1, 0.15) is 11.4 Å². The Morgan fingerprint density at radius 3 is 2.93 bits per heavy atom. The fourth-order valence-electron chi connectivity index (χ4n) is 5.71. The molecule has 0 aromatic carbocycles. The molecule has 3 amide bonds. The van der Waals surface area contributed by atoms with Crippen LogP contribution in [0.4, 0.5) is 4.79 Å². The standard InChI is InChI=1S/C21H26N4O3S/c1-11(15-8-12-5-6-13(15)7-12)23-21(28)24-17(26)9-25-10-22-19-18(20(25)27)14-3-2-4-16(14)29-19/h10-13,15H,2-9H2,1H3,(H2,23,24,26,28). The van der Waals surface area contributed by atoms with Crippen molar-refractivity contribution >= 4 is 33.5 Å². The van der Waals surface area contributed by atoms with Crippen molar-refractivity contribution in [1.82, 2.24) is 20.2 Å². The zero-order valence-electron chi connectivity index (χ0n) is 16.6. The largest absolute Gasteiger partial charge is 0.335 e. The number of nitrogens with one attached hydrogen (secondary N) is 2. The van der Waals surface area contributed by atoms with Gasteiger partial charge in [0.25, 0.3) is 5.56 Å². The average Bonchev–Trinajstić information content (AvgIpc) is 3.43. The molecule has 2 bridgehead atoms. The molecule has 5 rings (SSSR count). The highest BCUT2D eigenvalue weighted by Crippen LogP contribution is 2.49. The summed E-state index contributed by atoms with van der Waals surface area (Å²) >= 11 is 1.57. The lowest BCUT2D eigenvalue weighted by atomic mass is 9.84. The molecule has 7 nitrogen and oxygen atoms in total. The minimum Gasteiger partial charge on any atom is -0.335 e. The molecule has 4 unspecified atom stereocenters. The third-order valence-corrected chi connectivity index (χ3v) is 8.25. The number of imide groups is 1. The van der Waals surface area contributed by atoms with E-state index in [4.69, 9.17) is 0 Å². The Morgan fingerprint density at radius 1 is 1.31 bits per heavy atom. The SMILES string of the molecule is CC(NC(=O)NC(=O)Cn1cnc2sc3c(c2c1=O)CCC3)C1CC2CCC1C2. The molecule has 2 aromatic heterocycles. The fourth-order valence-corrected chi connectivity index (χ4v) is 6.93. The minimum atomic E-state index is -0.502. The molecule has 2 fully saturated rings. The third kappa shape index (κ3) is 3.37. The van der Waals surface area contributed by atoms with E-state index in [0.29, 0.717) is 17.2 Å². The number of carbonyl (C=O) groups excluding carboxylic acids is 2. The maximum absolute atomic E-state index is 12.8. The summed E-state index contributed by atoms with van der Waals surface area (Å²) in [6, 6.07) is -0.434. The summed E-state index contributed by atoms with van der Waals surface area (Å²) in [7, 11) is 0. The van der Waals surface area contributed by atoms with Crippen LogP contribution in [0.15, 0.2) is 11.1 Å². The first-order chi connectivity index (χ1) is 14.0. The lowest BCUT2D eigenvalue weighted by molar-refractivity contribution is -0.120. The molecule has 2 N–H and O–H groups in total. The molecule has 4 atom stereocenters. The smallest absolute Gasteiger partial charge is 0.321 e. The molecular weight excluding hydrogens is 388 g/mol. The number of nitrogens with zero attached hydrogens (tertiary/aromatic N) is 2. The number of hydrogen-bond donors (Lipinski definition) is 2. The van der Waals surface area contributed by atoms with E-state index in [0.717, 1.165) is 35.6 Å². The highest BCUT2D eigenvalue weighted by molar-refractivity contribution is 7.18. The molecular formula is C21H26N4O3S. The Hall–Kier alpha value is -2.22. The monoisotopic (exact) mass is 414 g/mol. The number of fused-ring (bicyclic) bond motifs is 5. The van der Waals surface area contributed by atoms with E-state index in [1.165, 1.54) is 41.5 Å². The van der Waals surface area contributed by atoms with Crippen LogP contribution in [-0.4, -0.2) is 27.5 Å². The van der Waals surface area contributed by atoms with E-state index in [1.807, 2.05) is 6.92 Å². The number of rotatable bonds is 4. The highest BCUT2D eigenvalue weighted by Gasteiger charge is 2.42. The van der Waals surface area contributed by atoms with Gasteiger partial charge in [0, 0.05) is 10.9 Å². The van der Waals surface area contributed by atoms with Crippen molar-refractivity contribution in [3.05, 3.63) is 27.1 Å². The molecule has 2 saturated carbocycles. The summed E-state index contributed by atoms with van der Waals surface area (Å²) in [6.07, 6.45) is 9.39. The molecule has 3 aliphatic carbocycles. The van der Waals surface area contributed by atoms with Gasteiger partial charge in [0.2, 0.25) is 5.91 Å². The highest BCUT2D eigenvalue weighted by atomic mass is 32.1. The molecule has 3 aliphatic rings. The van der Waals surface area contributed by atoms with Crippen LogP contribution in [0.3, 0.4) is 0 Å².